The van der Waals surface area contributed by atoms with Crippen molar-refractivity contribution in [2.24, 2.45) is 0 Å². The molecule has 110 valence electrons. The number of benzene rings is 2. The van der Waals surface area contributed by atoms with Crippen LogP contribution >= 0.6 is 39.1 Å². The van der Waals surface area contributed by atoms with Crippen molar-refractivity contribution >= 4 is 56.4 Å². The second kappa shape index (κ2) is 7.02. The van der Waals surface area contributed by atoms with Crippen molar-refractivity contribution < 1.29 is 9.53 Å². The molecule has 4 nitrogen and oxygen atoms in total. The van der Waals surface area contributed by atoms with E-state index < -0.39 is 0 Å². The first-order valence-electron chi connectivity index (χ1n) is 5.89. The van der Waals surface area contributed by atoms with Gasteiger partial charge in [-0.05, 0) is 24.3 Å². The molecule has 1 amide bonds. The van der Waals surface area contributed by atoms with Gasteiger partial charge in [-0.2, -0.15) is 0 Å². The Morgan fingerprint density at radius 3 is 2.48 bits per heavy atom. The quantitative estimate of drug-likeness (QED) is 0.763. The zero-order valence-electron chi connectivity index (χ0n) is 10.7. The van der Waals surface area contributed by atoms with Gasteiger partial charge in [-0.25, -0.2) is 0 Å². The van der Waals surface area contributed by atoms with Crippen LogP contribution in [0.1, 0.15) is 0 Å². The minimum atomic E-state index is -0.385. The highest BCUT2D eigenvalue weighted by atomic mass is 79.9. The van der Waals surface area contributed by atoms with Crippen LogP contribution in [-0.4, -0.2) is 12.5 Å². The van der Waals surface area contributed by atoms with Crippen LogP contribution in [0.2, 0.25) is 10.0 Å². The Bertz CT molecular complexity index is 657. The van der Waals surface area contributed by atoms with Crippen LogP contribution in [0.15, 0.2) is 40.9 Å². The van der Waals surface area contributed by atoms with Gasteiger partial charge in [0.1, 0.15) is 5.75 Å². The molecule has 21 heavy (non-hydrogen) atoms. The van der Waals surface area contributed by atoms with Crippen LogP contribution in [-0.2, 0) is 4.79 Å². The normalized spacial score (nSPS) is 10.2. The first-order valence-corrected chi connectivity index (χ1v) is 7.44. The fraction of sp³-hybridized carbons (Fsp3) is 0.0714. The van der Waals surface area contributed by atoms with E-state index in [1.54, 1.807) is 36.4 Å². The third-order valence-corrected chi connectivity index (χ3v) is 3.60. The molecule has 0 saturated carbocycles. The number of nitrogen functional groups attached to an aromatic ring is 1. The molecule has 0 aliphatic heterocycles. The number of carbonyl (C=O) groups excluding carboxylic acids is 1. The zero-order chi connectivity index (χ0) is 15.4. The predicted octanol–water partition coefficient (Wildman–Crippen LogP) is 4.36. The molecule has 0 radical (unpaired) electrons. The molecule has 0 heterocycles. The largest absolute Gasteiger partial charge is 0.482 e. The number of amides is 1. The summed E-state index contributed by atoms with van der Waals surface area (Å²) in [5.74, 6) is 0.0602. The zero-order valence-corrected chi connectivity index (χ0v) is 13.8. The van der Waals surface area contributed by atoms with Crippen LogP contribution in [0.25, 0.3) is 0 Å². The maximum atomic E-state index is 11.9. The van der Waals surface area contributed by atoms with E-state index >= 15 is 0 Å². The summed E-state index contributed by atoms with van der Waals surface area (Å²) in [6.07, 6.45) is 0. The summed E-state index contributed by atoms with van der Waals surface area (Å²) in [6.45, 7) is -0.197. The van der Waals surface area contributed by atoms with Gasteiger partial charge in [0.2, 0.25) is 0 Å². The number of carbonyl (C=O) groups is 1. The SMILES string of the molecule is Nc1ccccc1OCC(=O)Nc1c(Cl)cc(Br)cc1Cl. The van der Waals surface area contributed by atoms with Crippen molar-refractivity contribution in [3.63, 3.8) is 0 Å². The molecular weight excluding hydrogens is 379 g/mol. The molecule has 0 aliphatic rings. The number of nitrogens with two attached hydrogens (primary N) is 1. The molecule has 0 saturated heterocycles. The molecule has 0 bridgehead atoms. The first kappa shape index (κ1) is 15.9. The van der Waals surface area contributed by atoms with Crippen molar-refractivity contribution in [2.45, 2.75) is 0 Å². The van der Waals surface area contributed by atoms with Crippen molar-refractivity contribution in [1.82, 2.24) is 0 Å². The number of hydrogen-bond donors (Lipinski definition) is 2. The molecule has 0 aliphatic carbocycles. The molecule has 2 aromatic rings. The molecule has 2 aromatic carbocycles. The van der Waals surface area contributed by atoms with Gasteiger partial charge in [0.05, 0.1) is 21.4 Å². The minimum Gasteiger partial charge on any atom is -0.482 e. The van der Waals surface area contributed by atoms with Crippen LogP contribution in [0.3, 0.4) is 0 Å². The second-order valence-electron chi connectivity index (χ2n) is 4.12. The Kier molecular flexibility index (Phi) is 5.33. The van der Waals surface area contributed by atoms with Gasteiger partial charge in [-0.15, -0.1) is 0 Å². The summed E-state index contributed by atoms with van der Waals surface area (Å²) in [5.41, 5.74) is 6.53. The Morgan fingerprint density at radius 1 is 1.24 bits per heavy atom. The van der Waals surface area contributed by atoms with Crippen molar-refractivity contribution in [1.29, 1.82) is 0 Å². The van der Waals surface area contributed by atoms with Gasteiger partial charge in [0, 0.05) is 4.47 Å². The number of halogens is 3. The maximum absolute atomic E-state index is 11.9. The van der Waals surface area contributed by atoms with Gasteiger partial charge < -0.3 is 15.8 Å². The molecule has 0 fully saturated rings. The topological polar surface area (TPSA) is 64.3 Å². The molecule has 2 rings (SSSR count). The average molecular weight is 390 g/mol. The Morgan fingerprint density at radius 2 is 1.86 bits per heavy atom. The molecule has 7 heteroatoms. The van der Waals surface area contributed by atoms with Crippen LogP contribution < -0.4 is 15.8 Å². The number of anilines is 2. The molecule has 0 unspecified atom stereocenters. The van der Waals surface area contributed by atoms with Crippen LogP contribution in [0.5, 0.6) is 5.75 Å². The standard InChI is InChI=1S/C14H11BrCl2N2O2/c15-8-5-9(16)14(10(17)6-8)19-13(20)7-21-12-4-2-1-3-11(12)18/h1-6H,7,18H2,(H,19,20). The molecule has 0 atom stereocenters. The molecular formula is C14H11BrCl2N2O2. The number of rotatable bonds is 4. The summed E-state index contributed by atoms with van der Waals surface area (Å²) < 4.78 is 6.07. The summed E-state index contributed by atoms with van der Waals surface area (Å²) >= 11 is 15.3. The second-order valence-corrected chi connectivity index (χ2v) is 5.85. The molecule has 0 spiro atoms. The Balaban J connectivity index is 2.01. The predicted molar refractivity (Wildman–Crippen MR) is 89.1 cm³/mol. The number of nitrogens with one attached hydrogen (secondary N) is 1. The summed E-state index contributed by atoms with van der Waals surface area (Å²) in [5, 5.41) is 3.28. The summed E-state index contributed by atoms with van der Waals surface area (Å²) in [7, 11) is 0. The lowest BCUT2D eigenvalue weighted by atomic mass is 10.3. The lowest BCUT2D eigenvalue weighted by Gasteiger charge is -2.11. The van der Waals surface area contributed by atoms with E-state index in [-0.39, 0.29) is 12.5 Å². The highest BCUT2D eigenvalue weighted by Crippen LogP contribution is 2.33. The third kappa shape index (κ3) is 4.27. The van der Waals surface area contributed by atoms with E-state index in [4.69, 9.17) is 33.7 Å². The van der Waals surface area contributed by atoms with Gasteiger partial charge in [-0.3, -0.25) is 4.79 Å². The lowest BCUT2D eigenvalue weighted by Crippen LogP contribution is -2.20. The molecule has 0 aromatic heterocycles. The highest BCUT2D eigenvalue weighted by Gasteiger charge is 2.12. The van der Waals surface area contributed by atoms with Crippen LogP contribution in [0.4, 0.5) is 11.4 Å². The van der Waals surface area contributed by atoms with E-state index in [1.807, 2.05) is 0 Å². The maximum Gasteiger partial charge on any atom is 0.262 e. The van der Waals surface area contributed by atoms with E-state index in [1.165, 1.54) is 0 Å². The van der Waals surface area contributed by atoms with Crippen LogP contribution in [0, 0.1) is 0 Å². The Hall–Kier alpha value is -1.43. The average Bonchev–Trinajstić information content (AvgIpc) is 2.42. The summed E-state index contributed by atoms with van der Waals surface area (Å²) in [4.78, 5) is 11.9. The smallest absolute Gasteiger partial charge is 0.262 e. The molecule has 3 N–H and O–H groups in total. The third-order valence-electron chi connectivity index (χ3n) is 2.55. The van der Waals surface area contributed by atoms with Gasteiger partial charge >= 0.3 is 0 Å². The number of ether oxygens (including phenoxy) is 1. The van der Waals surface area contributed by atoms with Gasteiger partial charge in [0.15, 0.2) is 6.61 Å². The van der Waals surface area contributed by atoms with E-state index in [0.29, 0.717) is 27.2 Å². The number of hydrogen-bond acceptors (Lipinski definition) is 3. The van der Waals surface area contributed by atoms with E-state index in [0.717, 1.165) is 4.47 Å². The highest BCUT2D eigenvalue weighted by molar-refractivity contribution is 9.10. The fourth-order valence-corrected chi connectivity index (χ4v) is 2.90. The van der Waals surface area contributed by atoms with Crippen molar-refractivity contribution in [2.75, 3.05) is 17.7 Å². The summed E-state index contributed by atoms with van der Waals surface area (Å²) in [6, 6.07) is 10.2. The van der Waals surface area contributed by atoms with E-state index in [2.05, 4.69) is 21.2 Å². The van der Waals surface area contributed by atoms with Gasteiger partial charge in [0.25, 0.3) is 5.91 Å². The van der Waals surface area contributed by atoms with Crippen molar-refractivity contribution in [3.05, 3.63) is 50.9 Å². The minimum absolute atomic E-state index is 0.197. The fourth-order valence-electron chi connectivity index (χ4n) is 1.59. The van der Waals surface area contributed by atoms with Gasteiger partial charge in [-0.1, -0.05) is 51.3 Å². The van der Waals surface area contributed by atoms with E-state index in [9.17, 15) is 4.79 Å². The monoisotopic (exact) mass is 388 g/mol. The number of para-hydroxylation sites is 2. The van der Waals surface area contributed by atoms with Crippen molar-refractivity contribution in [3.8, 4) is 5.75 Å². The lowest BCUT2D eigenvalue weighted by molar-refractivity contribution is -0.118. The Labute approximate surface area is 140 Å². The first-order chi connectivity index (χ1) is 9.97.